The Balaban J connectivity index is 1.93. The van der Waals surface area contributed by atoms with Crippen molar-refractivity contribution in [1.29, 1.82) is 0 Å². The minimum absolute atomic E-state index is 0.850. The molecule has 2 heteroatoms. The summed E-state index contributed by atoms with van der Waals surface area (Å²) in [6.07, 6.45) is 6.92. The van der Waals surface area contributed by atoms with Crippen molar-refractivity contribution in [2.24, 2.45) is 11.8 Å². The highest BCUT2D eigenvalue weighted by molar-refractivity contribution is 4.77. The zero-order valence-electron chi connectivity index (χ0n) is 12.2. The summed E-state index contributed by atoms with van der Waals surface area (Å²) in [6.45, 7) is 13.1. The van der Waals surface area contributed by atoms with Gasteiger partial charge in [0.15, 0.2) is 0 Å². The van der Waals surface area contributed by atoms with Crippen molar-refractivity contribution < 1.29 is 0 Å². The van der Waals surface area contributed by atoms with Crippen LogP contribution >= 0.6 is 0 Å². The average Bonchev–Trinajstić information content (AvgIpc) is 3.06. The van der Waals surface area contributed by atoms with Gasteiger partial charge < -0.3 is 10.2 Å². The van der Waals surface area contributed by atoms with Crippen molar-refractivity contribution in [1.82, 2.24) is 10.2 Å². The van der Waals surface area contributed by atoms with E-state index in [0.717, 1.165) is 11.8 Å². The molecule has 0 saturated heterocycles. The fourth-order valence-corrected chi connectivity index (χ4v) is 2.27. The molecule has 0 aliphatic heterocycles. The van der Waals surface area contributed by atoms with Crippen LogP contribution in [0.15, 0.2) is 0 Å². The van der Waals surface area contributed by atoms with Gasteiger partial charge in [-0.1, -0.05) is 20.8 Å². The molecule has 0 radical (unpaired) electrons. The summed E-state index contributed by atoms with van der Waals surface area (Å²) >= 11 is 0. The van der Waals surface area contributed by atoms with E-state index in [4.69, 9.17) is 0 Å². The van der Waals surface area contributed by atoms with Crippen LogP contribution in [-0.2, 0) is 0 Å². The molecule has 0 spiro atoms. The summed E-state index contributed by atoms with van der Waals surface area (Å²) in [7, 11) is 0. The van der Waals surface area contributed by atoms with Crippen molar-refractivity contribution in [3.05, 3.63) is 0 Å². The van der Waals surface area contributed by atoms with Gasteiger partial charge in [0, 0.05) is 19.6 Å². The van der Waals surface area contributed by atoms with E-state index in [-0.39, 0.29) is 0 Å². The molecule has 0 unspecified atom stereocenters. The summed E-state index contributed by atoms with van der Waals surface area (Å²) in [5, 5.41) is 3.58. The van der Waals surface area contributed by atoms with E-state index in [0.29, 0.717) is 0 Å². The van der Waals surface area contributed by atoms with E-state index in [1.54, 1.807) is 0 Å². The maximum atomic E-state index is 3.58. The molecule has 0 heterocycles. The van der Waals surface area contributed by atoms with Gasteiger partial charge >= 0.3 is 0 Å². The van der Waals surface area contributed by atoms with E-state index >= 15 is 0 Å². The summed E-state index contributed by atoms with van der Waals surface area (Å²) < 4.78 is 0. The standard InChI is InChI=1S/C15H32N2/c1-4-11-17(13-15-7-8-15)12-10-16-9-5-6-14(2)3/h14-16H,4-13H2,1-3H3. The Kier molecular flexibility index (Phi) is 7.87. The normalized spacial score (nSPS) is 16.1. The molecule has 1 rings (SSSR count). The van der Waals surface area contributed by atoms with Gasteiger partial charge in [0.2, 0.25) is 0 Å². The van der Waals surface area contributed by atoms with E-state index in [1.807, 2.05) is 0 Å². The quantitative estimate of drug-likeness (QED) is 0.558. The van der Waals surface area contributed by atoms with Crippen LogP contribution in [0.1, 0.15) is 52.9 Å². The van der Waals surface area contributed by atoms with Crippen molar-refractivity contribution in [3.8, 4) is 0 Å². The highest BCUT2D eigenvalue weighted by Crippen LogP contribution is 2.29. The highest BCUT2D eigenvalue weighted by atomic mass is 15.1. The van der Waals surface area contributed by atoms with Crippen LogP contribution in [-0.4, -0.2) is 37.6 Å². The molecule has 2 nitrogen and oxygen atoms in total. The first-order valence-corrected chi connectivity index (χ1v) is 7.65. The number of rotatable bonds is 11. The molecule has 1 N–H and O–H groups in total. The van der Waals surface area contributed by atoms with Crippen molar-refractivity contribution in [2.45, 2.75) is 52.9 Å². The highest BCUT2D eigenvalue weighted by Gasteiger charge is 2.23. The van der Waals surface area contributed by atoms with Crippen LogP contribution < -0.4 is 5.32 Å². The Morgan fingerprint density at radius 2 is 1.94 bits per heavy atom. The molecule has 0 atom stereocenters. The van der Waals surface area contributed by atoms with Crippen molar-refractivity contribution in [2.75, 3.05) is 32.7 Å². The van der Waals surface area contributed by atoms with Crippen molar-refractivity contribution >= 4 is 0 Å². The first-order valence-electron chi connectivity index (χ1n) is 7.65. The third kappa shape index (κ3) is 8.62. The second-order valence-electron chi connectivity index (χ2n) is 6.03. The van der Waals surface area contributed by atoms with Gasteiger partial charge in [-0.15, -0.1) is 0 Å². The first-order chi connectivity index (χ1) is 8.22. The van der Waals surface area contributed by atoms with Gasteiger partial charge in [0.1, 0.15) is 0 Å². The largest absolute Gasteiger partial charge is 0.315 e. The predicted octanol–water partition coefficient (Wildman–Crippen LogP) is 3.13. The third-order valence-corrected chi connectivity index (χ3v) is 3.49. The lowest BCUT2D eigenvalue weighted by Gasteiger charge is -2.21. The molecular formula is C15H32N2. The summed E-state index contributed by atoms with van der Waals surface area (Å²) in [5.74, 6) is 1.88. The lowest BCUT2D eigenvalue weighted by molar-refractivity contribution is 0.262. The first kappa shape index (κ1) is 15.0. The van der Waals surface area contributed by atoms with Gasteiger partial charge in [0.25, 0.3) is 0 Å². The van der Waals surface area contributed by atoms with Crippen LogP contribution in [0.3, 0.4) is 0 Å². The Bertz CT molecular complexity index is 176. The molecule has 1 aliphatic carbocycles. The lowest BCUT2D eigenvalue weighted by Crippen LogP contribution is -2.34. The minimum atomic E-state index is 0.850. The second-order valence-corrected chi connectivity index (χ2v) is 6.03. The topological polar surface area (TPSA) is 15.3 Å². The van der Waals surface area contributed by atoms with Crippen LogP contribution in [0.2, 0.25) is 0 Å². The third-order valence-electron chi connectivity index (χ3n) is 3.49. The summed E-state index contributed by atoms with van der Waals surface area (Å²) in [4.78, 5) is 2.65. The molecule has 0 aromatic carbocycles. The average molecular weight is 240 g/mol. The summed E-state index contributed by atoms with van der Waals surface area (Å²) in [5.41, 5.74) is 0. The monoisotopic (exact) mass is 240 g/mol. The smallest absolute Gasteiger partial charge is 0.0107 e. The van der Waals surface area contributed by atoms with E-state index in [9.17, 15) is 0 Å². The molecule has 1 fully saturated rings. The zero-order valence-corrected chi connectivity index (χ0v) is 12.2. The van der Waals surface area contributed by atoms with E-state index in [2.05, 4.69) is 31.0 Å². The maximum absolute atomic E-state index is 3.58. The molecule has 1 aliphatic rings. The van der Waals surface area contributed by atoms with Gasteiger partial charge in [-0.05, 0) is 57.0 Å². The molecule has 17 heavy (non-hydrogen) atoms. The molecule has 1 saturated carbocycles. The summed E-state index contributed by atoms with van der Waals surface area (Å²) in [6, 6.07) is 0. The second kappa shape index (κ2) is 8.93. The fraction of sp³-hybridized carbons (Fsp3) is 1.00. The Morgan fingerprint density at radius 1 is 1.18 bits per heavy atom. The van der Waals surface area contributed by atoms with E-state index < -0.39 is 0 Å². The number of hydrogen-bond donors (Lipinski definition) is 1. The predicted molar refractivity (Wildman–Crippen MR) is 76.4 cm³/mol. The fourth-order valence-electron chi connectivity index (χ4n) is 2.27. The van der Waals surface area contributed by atoms with Crippen LogP contribution in [0, 0.1) is 11.8 Å². The molecule has 0 bridgehead atoms. The molecule has 0 aromatic rings. The Morgan fingerprint density at radius 3 is 2.53 bits per heavy atom. The maximum Gasteiger partial charge on any atom is 0.0107 e. The zero-order chi connectivity index (χ0) is 12.5. The number of hydrogen-bond acceptors (Lipinski definition) is 2. The van der Waals surface area contributed by atoms with E-state index in [1.165, 1.54) is 64.8 Å². The van der Waals surface area contributed by atoms with Crippen LogP contribution in [0.4, 0.5) is 0 Å². The van der Waals surface area contributed by atoms with Crippen LogP contribution in [0.25, 0.3) is 0 Å². The van der Waals surface area contributed by atoms with Crippen LogP contribution in [0.5, 0.6) is 0 Å². The van der Waals surface area contributed by atoms with Gasteiger partial charge in [0.05, 0.1) is 0 Å². The molecule has 0 amide bonds. The van der Waals surface area contributed by atoms with Gasteiger partial charge in [-0.2, -0.15) is 0 Å². The van der Waals surface area contributed by atoms with Crippen molar-refractivity contribution in [3.63, 3.8) is 0 Å². The number of nitrogens with zero attached hydrogens (tertiary/aromatic N) is 1. The van der Waals surface area contributed by atoms with Gasteiger partial charge in [-0.25, -0.2) is 0 Å². The molecule has 102 valence electrons. The Labute approximate surface area is 108 Å². The minimum Gasteiger partial charge on any atom is -0.315 e. The SMILES string of the molecule is CCCN(CCNCCCC(C)C)CC1CC1. The molecular weight excluding hydrogens is 208 g/mol. The molecule has 0 aromatic heterocycles. The Hall–Kier alpha value is -0.0800. The lowest BCUT2D eigenvalue weighted by atomic mass is 10.1. The van der Waals surface area contributed by atoms with Gasteiger partial charge in [-0.3, -0.25) is 0 Å². The number of nitrogens with one attached hydrogen (secondary N) is 1.